The van der Waals surface area contributed by atoms with Crippen LogP contribution in [0.25, 0.3) is 11.1 Å². The van der Waals surface area contributed by atoms with Crippen molar-refractivity contribution in [2.24, 2.45) is 0 Å². The highest BCUT2D eigenvalue weighted by molar-refractivity contribution is 6.06. The first-order chi connectivity index (χ1) is 12.3. The van der Waals surface area contributed by atoms with Gasteiger partial charge < -0.3 is 9.64 Å². The SMILES string of the molecule is COc1ccc(C(=O)N2CCc3c(-c4ccccc4)cccc32)nn1. The quantitative estimate of drug-likeness (QED) is 0.738. The van der Waals surface area contributed by atoms with Crippen LogP contribution in [0, 0.1) is 0 Å². The summed E-state index contributed by atoms with van der Waals surface area (Å²) in [5.41, 5.74) is 4.80. The van der Waals surface area contributed by atoms with E-state index in [-0.39, 0.29) is 5.91 Å². The van der Waals surface area contributed by atoms with Gasteiger partial charge in [-0.2, -0.15) is 0 Å². The second-order valence-corrected chi connectivity index (χ2v) is 5.84. The van der Waals surface area contributed by atoms with Crippen LogP contribution in [0.3, 0.4) is 0 Å². The Morgan fingerprint density at radius 1 is 1.00 bits per heavy atom. The molecule has 4 rings (SSSR count). The maximum Gasteiger partial charge on any atom is 0.278 e. The van der Waals surface area contributed by atoms with Gasteiger partial charge in [-0.05, 0) is 35.2 Å². The lowest BCUT2D eigenvalue weighted by Crippen LogP contribution is -2.29. The minimum Gasteiger partial charge on any atom is -0.480 e. The minimum absolute atomic E-state index is 0.140. The Labute approximate surface area is 145 Å². The van der Waals surface area contributed by atoms with Crippen molar-refractivity contribution in [3.8, 4) is 17.0 Å². The van der Waals surface area contributed by atoms with E-state index in [0.29, 0.717) is 18.1 Å². The van der Waals surface area contributed by atoms with Crippen molar-refractivity contribution in [2.45, 2.75) is 6.42 Å². The Morgan fingerprint density at radius 2 is 1.84 bits per heavy atom. The van der Waals surface area contributed by atoms with Gasteiger partial charge in [-0.3, -0.25) is 4.79 Å². The Morgan fingerprint density at radius 3 is 2.56 bits per heavy atom. The molecule has 0 fully saturated rings. The molecule has 0 saturated carbocycles. The lowest BCUT2D eigenvalue weighted by atomic mass is 9.98. The third-order valence-corrected chi connectivity index (χ3v) is 4.43. The Hall–Kier alpha value is -3.21. The number of benzene rings is 2. The summed E-state index contributed by atoms with van der Waals surface area (Å²) < 4.78 is 5.00. The highest BCUT2D eigenvalue weighted by atomic mass is 16.5. The van der Waals surface area contributed by atoms with Crippen molar-refractivity contribution < 1.29 is 9.53 Å². The molecule has 0 bridgehead atoms. The second-order valence-electron chi connectivity index (χ2n) is 5.84. The summed E-state index contributed by atoms with van der Waals surface area (Å²) in [7, 11) is 1.52. The highest BCUT2D eigenvalue weighted by Crippen LogP contribution is 2.36. The molecular weight excluding hydrogens is 314 g/mol. The standard InChI is InChI=1S/C20H17N3O2/c1-25-19-11-10-17(21-22-19)20(24)23-13-12-16-15(8-5-9-18(16)23)14-6-3-2-4-7-14/h2-11H,12-13H2,1H3. The van der Waals surface area contributed by atoms with Gasteiger partial charge in [0, 0.05) is 18.3 Å². The van der Waals surface area contributed by atoms with Gasteiger partial charge in [0.1, 0.15) is 0 Å². The number of carbonyl (C=O) groups is 1. The van der Waals surface area contributed by atoms with E-state index in [1.165, 1.54) is 18.2 Å². The second kappa shape index (κ2) is 6.36. The molecule has 2 heterocycles. The van der Waals surface area contributed by atoms with E-state index >= 15 is 0 Å². The third-order valence-electron chi connectivity index (χ3n) is 4.43. The number of carbonyl (C=O) groups excluding carboxylic acids is 1. The van der Waals surface area contributed by atoms with Gasteiger partial charge in [-0.15, -0.1) is 10.2 Å². The van der Waals surface area contributed by atoms with E-state index in [4.69, 9.17) is 4.74 Å². The number of hydrogen-bond acceptors (Lipinski definition) is 4. The van der Waals surface area contributed by atoms with Gasteiger partial charge in [-0.25, -0.2) is 0 Å². The topological polar surface area (TPSA) is 55.3 Å². The number of rotatable bonds is 3. The Bertz CT molecular complexity index is 908. The summed E-state index contributed by atoms with van der Waals surface area (Å²) in [6.45, 7) is 0.645. The normalized spacial score (nSPS) is 12.8. The van der Waals surface area contributed by atoms with Crippen molar-refractivity contribution >= 4 is 11.6 Å². The first-order valence-electron chi connectivity index (χ1n) is 8.15. The molecule has 0 radical (unpaired) electrons. The van der Waals surface area contributed by atoms with E-state index in [2.05, 4.69) is 28.4 Å². The molecular formula is C20H17N3O2. The molecule has 5 heteroatoms. The molecule has 0 N–H and O–H groups in total. The molecule has 1 amide bonds. The van der Waals surface area contributed by atoms with Crippen LogP contribution in [0.4, 0.5) is 5.69 Å². The molecule has 0 saturated heterocycles. The lowest BCUT2D eigenvalue weighted by molar-refractivity contribution is 0.0983. The van der Waals surface area contributed by atoms with Crippen molar-refractivity contribution in [2.75, 3.05) is 18.6 Å². The molecule has 0 unspecified atom stereocenters. The summed E-state index contributed by atoms with van der Waals surface area (Å²) in [6.07, 6.45) is 0.829. The van der Waals surface area contributed by atoms with Crippen molar-refractivity contribution in [1.82, 2.24) is 10.2 Å². The van der Waals surface area contributed by atoms with Crippen molar-refractivity contribution in [3.63, 3.8) is 0 Å². The fourth-order valence-corrected chi connectivity index (χ4v) is 3.21. The fraction of sp³-hybridized carbons (Fsp3) is 0.150. The van der Waals surface area contributed by atoms with E-state index in [1.54, 1.807) is 17.0 Å². The summed E-state index contributed by atoms with van der Waals surface area (Å²) in [5, 5.41) is 7.87. The molecule has 1 aromatic heterocycles. The summed E-state index contributed by atoms with van der Waals surface area (Å²) in [6, 6.07) is 19.6. The van der Waals surface area contributed by atoms with Crippen molar-refractivity contribution in [3.05, 3.63) is 71.9 Å². The maximum atomic E-state index is 12.8. The number of amides is 1. The molecule has 0 atom stereocenters. The molecule has 3 aromatic rings. The number of nitrogens with zero attached hydrogens (tertiary/aromatic N) is 3. The molecule has 1 aliphatic rings. The van der Waals surface area contributed by atoms with Crippen LogP contribution >= 0.6 is 0 Å². The van der Waals surface area contributed by atoms with Crippen LogP contribution in [0.1, 0.15) is 16.1 Å². The molecule has 0 aliphatic carbocycles. The van der Waals surface area contributed by atoms with Crippen LogP contribution in [0.2, 0.25) is 0 Å². The van der Waals surface area contributed by atoms with Gasteiger partial charge >= 0.3 is 0 Å². The predicted molar refractivity (Wildman–Crippen MR) is 95.8 cm³/mol. The van der Waals surface area contributed by atoms with Crippen molar-refractivity contribution in [1.29, 1.82) is 0 Å². The minimum atomic E-state index is -0.140. The Balaban J connectivity index is 1.69. The third kappa shape index (κ3) is 2.74. The number of anilines is 1. The maximum absolute atomic E-state index is 12.8. The van der Waals surface area contributed by atoms with Crippen LogP contribution < -0.4 is 9.64 Å². The van der Waals surface area contributed by atoms with Gasteiger partial charge in [-0.1, -0.05) is 42.5 Å². The number of methoxy groups -OCH3 is 1. The Kier molecular flexibility index (Phi) is 3.90. The summed E-state index contributed by atoms with van der Waals surface area (Å²) in [5.74, 6) is 0.254. The van der Waals surface area contributed by atoms with Crippen LogP contribution in [0.15, 0.2) is 60.7 Å². The van der Waals surface area contributed by atoms with Gasteiger partial charge in [0.15, 0.2) is 5.69 Å². The number of hydrogen-bond donors (Lipinski definition) is 0. The average Bonchev–Trinajstić information content (AvgIpc) is 3.12. The zero-order valence-corrected chi connectivity index (χ0v) is 13.8. The van der Waals surface area contributed by atoms with Crippen LogP contribution in [-0.4, -0.2) is 29.8 Å². The molecule has 1 aliphatic heterocycles. The monoisotopic (exact) mass is 331 g/mol. The fourth-order valence-electron chi connectivity index (χ4n) is 3.21. The summed E-state index contributed by atoms with van der Waals surface area (Å²) >= 11 is 0. The number of aromatic nitrogens is 2. The van der Waals surface area contributed by atoms with Gasteiger partial charge in [0.25, 0.3) is 5.91 Å². The van der Waals surface area contributed by atoms with Crippen LogP contribution in [-0.2, 0) is 6.42 Å². The van der Waals surface area contributed by atoms with E-state index < -0.39 is 0 Å². The van der Waals surface area contributed by atoms with Gasteiger partial charge in [0.05, 0.1) is 7.11 Å². The predicted octanol–water partition coefficient (Wildman–Crippen LogP) is 3.36. The first kappa shape index (κ1) is 15.3. The molecule has 5 nitrogen and oxygen atoms in total. The largest absolute Gasteiger partial charge is 0.480 e. The zero-order valence-electron chi connectivity index (χ0n) is 13.8. The van der Waals surface area contributed by atoms with E-state index in [0.717, 1.165) is 17.7 Å². The smallest absolute Gasteiger partial charge is 0.278 e. The molecule has 124 valence electrons. The summed E-state index contributed by atoms with van der Waals surface area (Å²) in [4.78, 5) is 14.6. The number of fused-ring (bicyclic) bond motifs is 1. The molecule has 2 aromatic carbocycles. The highest BCUT2D eigenvalue weighted by Gasteiger charge is 2.28. The average molecular weight is 331 g/mol. The van der Waals surface area contributed by atoms with E-state index in [9.17, 15) is 4.79 Å². The lowest BCUT2D eigenvalue weighted by Gasteiger charge is -2.17. The van der Waals surface area contributed by atoms with Gasteiger partial charge in [0.2, 0.25) is 5.88 Å². The first-order valence-corrected chi connectivity index (χ1v) is 8.15. The zero-order chi connectivity index (χ0) is 17.2. The van der Waals surface area contributed by atoms with E-state index in [1.807, 2.05) is 30.3 Å². The molecule has 0 spiro atoms. The van der Waals surface area contributed by atoms with Crippen LogP contribution in [0.5, 0.6) is 5.88 Å². The number of ether oxygens (including phenoxy) is 1. The molecule has 25 heavy (non-hydrogen) atoms.